The highest BCUT2D eigenvalue weighted by Crippen LogP contribution is 2.32. The van der Waals surface area contributed by atoms with E-state index in [2.05, 4.69) is 10.4 Å². The van der Waals surface area contributed by atoms with Crippen LogP contribution in [0.2, 0.25) is 0 Å². The molecule has 124 valence electrons. The van der Waals surface area contributed by atoms with Gasteiger partial charge in [-0.25, -0.2) is 4.39 Å². The second-order valence-corrected chi connectivity index (χ2v) is 6.94. The van der Waals surface area contributed by atoms with E-state index in [4.69, 9.17) is 0 Å². The highest BCUT2D eigenvalue weighted by Gasteiger charge is 2.15. The van der Waals surface area contributed by atoms with E-state index in [1.807, 2.05) is 33.0 Å². The predicted octanol–water partition coefficient (Wildman–Crippen LogP) is 4.89. The van der Waals surface area contributed by atoms with Crippen LogP contribution in [-0.4, -0.2) is 15.7 Å². The standard InChI is InChI=1S/C18H18FN3OS/c1-11(2)22-10-15(9-20-22)21-18(23)16-8-12(3)17(24-16)13-4-6-14(19)7-5-13/h4-11H,1-3H3,(H,21,23). The molecule has 2 heterocycles. The molecule has 0 unspecified atom stereocenters. The molecule has 0 aliphatic carbocycles. The minimum Gasteiger partial charge on any atom is -0.319 e. The van der Waals surface area contributed by atoms with Crippen LogP contribution in [0.4, 0.5) is 10.1 Å². The third-order valence-electron chi connectivity index (χ3n) is 3.64. The average Bonchev–Trinajstić information content (AvgIpc) is 3.15. The van der Waals surface area contributed by atoms with Crippen LogP contribution in [0, 0.1) is 12.7 Å². The number of aryl methyl sites for hydroxylation is 1. The van der Waals surface area contributed by atoms with Gasteiger partial charge in [0.25, 0.3) is 5.91 Å². The molecule has 3 aromatic rings. The summed E-state index contributed by atoms with van der Waals surface area (Å²) in [4.78, 5) is 14.0. The number of benzene rings is 1. The summed E-state index contributed by atoms with van der Waals surface area (Å²) in [5, 5.41) is 7.07. The second kappa shape index (κ2) is 6.57. The third-order valence-corrected chi connectivity index (χ3v) is 4.92. The molecule has 1 aromatic carbocycles. The largest absolute Gasteiger partial charge is 0.319 e. The Kier molecular flexibility index (Phi) is 4.49. The number of carbonyl (C=O) groups is 1. The van der Waals surface area contributed by atoms with Crippen molar-refractivity contribution in [1.82, 2.24) is 9.78 Å². The molecular formula is C18H18FN3OS. The zero-order valence-corrected chi connectivity index (χ0v) is 14.5. The van der Waals surface area contributed by atoms with Gasteiger partial charge < -0.3 is 5.32 Å². The molecule has 0 saturated heterocycles. The van der Waals surface area contributed by atoms with Gasteiger partial charge in [-0.2, -0.15) is 5.10 Å². The Hall–Kier alpha value is -2.47. The topological polar surface area (TPSA) is 46.9 Å². The Balaban J connectivity index is 1.80. The highest BCUT2D eigenvalue weighted by atomic mass is 32.1. The summed E-state index contributed by atoms with van der Waals surface area (Å²) in [6, 6.07) is 8.39. The maximum Gasteiger partial charge on any atom is 0.265 e. The summed E-state index contributed by atoms with van der Waals surface area (Å²) >= 11 is 1.40. The number of rotatable bonds is 4. The molecule has 0 fully saturated rings. The fourth-order valence-electron chi connectivity index (χ4n) is 2.36. The van der Waals surface area contributed by atoms with Crippen LogP contribution in [-0.2, 0) is 0 Å². The van der Waals surface area contributed by atoms with Crippen LogP contribution in [0.15, 0.2) is 42.7 Å². The van der Waals surface area contributed by atoms with Gasteiger partial charge in [-0.15, -0.1) is 11.3 Å². The van der Waals surface area contributed by atoms with E-state index in [0.717, 1.165) is 16.0 Å². The van der Waals surface area contributed by atoms with Crippen molar-refractivity contribution in [2.75, 3.05) is 5.32 Å². The van der Waals surface area contributed by atoms with Crippen molar-refractivity contribution in [3.8, 4) is 10.4 Å². The molecule has 1 N–H and O–H groups in total. The zero-order chi connectivity index (χ0) is 17.3. The van der Waals surface area contributed by atoms with Crippen LogP contribution in [0.1, 0.15) is 35.1 Å². The van der Waals surface area contributed by atoms with Gasteiger partial charge in [-0.05, 0) is 50.1 Å². The average molecular weight is 343 g/mol. The van der Waals surface area contributed by atoms with Crippen LogP contribution in [0.3, 0.4) is 0 Å². The molecule has 6 heteroatoms. The summed E-state index contributed by atoms with van der Waals surface area (Å²) in [6.07, 6.45) is 3.45. The summed E-state index contributed by atoms with van der Waals surface area (Å²) in [7, 11) is 0. The molecule has 2 aromatic heterocycles. The quantitative estimate of drug-likeness (QED) is 0.733. The molecule has 1 amide bonds. The van der Waals surface area contributed by atoms with Crippen molar-refractivity contribution in [1.29, 1.82) is 0 Å². The summed E-state index contributed by atoms with van der Waals surface area (Å²) in [5.74, 6) is -0.437. The lowest BCUT2D eigenvalue weighted by Gasteiger charge is -2.03. The zero-order valence-electron chi connectivity index (χ0n) is 13.7. The first-order valence-electron chi connectivity index (χ1n) is 7.66. The lowest BCUT2D eigenvalue weighted by molar-refractivity contribution is 0.103. The maximum absolute atomic E-state index is 13.1. The number of nitrogens with zero attached hydrogens (tertiary/aromatic N) is 2. The molecule has 0 aliphatic heterocycles. The monoisotopic (exact) mass is 343 g/mol. The third kappa shape index (κ3) is 3.38. The van der Waals surface area contributed by atoms with Crippen molar-refractivity contribution >= 4 is 22.9 Å². The Morgan fingerprint density at radius 2 is 2.00 bits per heavy atom. The van der Waals surface area contributed by atoms with Crippen molar-refractivity contribution in [3.05, 3.63) is 59.0 Å². The smallest absolute Gasteiger partial charge is 0.265 e. The minimum absolute atomic E-state index is 0.167. The van der Waals surface area contributed by atoms with E-state index in [0.29, 0.717) is 10.6 Å². The lowest BCUT2D eigenvalue weighted by Crippen LogP contribution is -2.09. The molecular weight excluding hydrogens is 325 g/mol. The number of thiophene rings is 1. The SMILES string of the molecule is Cc1cc(C(=O)Nc2cnn(C(C)C)c2)sc1-c1ccc(F)cc1. The van der Waals surface area contributed by atoms with Crippen LogP contribution in [0.5, 0.6) is 0 Å². The number of aromatic nitrogens is 2. The van der Waals surface area contributed by atoms with Gasteiger partial charge in [0.15, 0.2) is 0 Å². The molecule has 4 nitrogen and oxygen atoms in total. The van der Waals surface area contributed by atoms with Gasteiger partial charge in [0.1, 0.15) is 5.82 Å². The molecule has 0 aliphatic rings. The molecule has 0 spiro atoms. The van der Waals surface area contributed by atoms with Gasteiger partial charge in [0.05, 0.1) is 16.8 Å². The predicted molar refractivity (Wildman–Crippen MR) is 95.0 cm³/mol. The summed E-state index contributed by atoms with van der Waals surface area (Å²) in [6.45, 7) is 6.00. The molecule has 3 rings (SSSR count). The molecule has 0 radical (unpaired) electrons. The first kappa shape index (κ1) is 16.4. The number of hydrogen-bond donors (Lipinski definition) is 1. The van der Waals surface area contributed by atoms with Gasteiger partial charge >= 0.3 is 0 Å². The Morgan fingerprint density at radius 3 is 2.62 bits per heavy atom. The maximum atomic E-state index is 13.1. The first-order chi connectivity index (χ1) is 11.4. The van der Waals surface area contributed by atoms with E-state index in [9.17, 15) is 9.18 Å². The van der Waals surface area contributed by atoms with Crippen molar-refractivity contribution in [2.45, 2.75) is 26.8 Å². The Bertz CT molecular complexity index is 865. The van der Waals surface area contributed by atoms with Crippen LogP contribution < -0.4 is 5.32 Å². The molecule has 24 heavy (non-hydrogen) atoms. The van der Waals surface area contributed by atoms with Gasteiger partial charge in [0.2, 0.25) is 0 Å². The second-order valence-electron chi connectivity index (χ2n) is 5.89. The molecule has 0 saturated carbocycles. The summed E-state index contributed by atoms with van der Waals surface area (Å²) in [5.41, 5.74) is 2.57. The first-order valence-corrected chi connectivity index (χ1v) is 8.47. The van der Waals surface area contributed by atoms with Crippen molar-refractivity contribution < 1.29 is 9.18 Å². The van der Waals surface area contributed by atoms with Gasteiger partial charge in [-0.1, -0.05) is 12.1 Å². The number of nitrogens with one attached hydrogen (secondary N) is 1. The van der Waals surface area contributed by atoms with E-state index in [1.54, 1.807) is 23.0 Å². The number of halogens is 1. The Labute approximate surface area is 143 Å². The summed E-state index contributed by atoms with van der Waals surface area (Å²) < 4.78 is 14.9. The van der Waals surface area contributed by atoms with Gasteiger partial charge in [0, 0.05) is 17.1 Å². The van der Waals surface area contributed by atoms with Crippen LogP contribution >= 0.6 is 11.3 Å². The van der Waals surface area contributed by atoms with Crippen molar-refractivity contribution in [3.63, 3.8) is 0 Å². The number of carbonyl (C=O) groups excluding carboxylic acids is 1. The van der Waals surface area contributed by atoms with Gasteiger partial charge in [-0.3, -0.25) is 9.48 Å². The number of hydrogen-bond acceptors (Lipinski definition) is 3. The molecule has 0 bridgehead atoms. The van der Waals surface area contributed by atoms with E-state index < -0.39 is 0 Å². The minimum atomic E-state index is -0.270. The highest BCUT2D eigenvalue weighted by molar-refractivity contribution is 7.17. The number of amides is 1. The van der Waals surface area contributed by atoms with E-state index in [1.165, 1.54) is 23.5 Å². The lowest BCUT2D eigenvalue weighted by atomic mass is 10.1. The molecule has 0 atom stereocenters. The van der Waals surface area contributed by atoms with E-state index in [-0.39, 0.29) is 17.8 Å². The van der Waals surface area contributed by atoms with E-state index >= 15 is 0 Å². The number of anilines is 1. The normalized spacial score (nSPS) is 11.0. The van der Waals surface area contributed by atoms with Crippen molar-refractivity contribution in [2.24, 2.45) is 0 Å². The fourth-order valence-corrected chi connectivity index (χ4v) is 3.43. The van der Waals surface area contributed by atoms with Crippen LogP contribution in [0.25, 0.3) is 10.4 Å². The fraction of sp³-hybridized carbons (Fsp3) is 0.222. The Morgan fingerprint density at radius 1 is 1.29 bits per heavy atom.